The van der Waals surface area contributed by atoms with E-state index in [1.54, 1.807) is 48.5 Å². The largest absolute Gasteiger partial charge is 0.465 e. The first-order valence-corrected chi connectivity index (χ1v) is 9.97. The van der Waals surface area contributed by atoms with Crippen LogP contribution in [-0.2, 0) is 22.6 Å². The molecular weight excluding hydrogens is 468 g/mol. The Labute approximate surface area is 185 Å². The Hall–Kier alpha value is -3.46. The number of carbonyl (C=O) groups excluding carboxylic acids is 2. The van der Waals surface area contributed by atoms with Gasteiger partial charge in [-0.3, -0.25) is 13.9 Å². The van der Waals surface area contributed by atoms with Crippen molar-refractivity contribution in [3.05, 3.63) is 102 Å². The SMILES string of the molecule is COC(=O)c1ccc(Cn2cc(Br)c(=O)n(Cc3ccc(C(=O)OC)cc3)c2=O)cc1. The summed E-state index contributed by atoms with van der Waals surface area (Å²) in [6.45, 7) is 0.250. The molecular formula is C22H19BrN2O6. The first-order valence-electron chi connectivity index (χ1n) is 9.18. The molecule has 0 unspecified atom stereocenters. The lowest BCUT2D eigenvalue weighted by Crippen LogP contribution is -2.40. The number of halogens is 1. The highest BCUT2D eigenvalue weighted by Gasteiger charge is 2.12. The maximum absolute atomic E-state index is 13.0. The van der Waals surface area contributed by atoms with Crippen molar-refractivity contribution in [2.75, 3.05) is 14.2 Å². The predicted molar refractivity (Wildman–Crippen MR) is 116 cm³/mol. The van der Waals surface area contributed by atoms with Crippen molar-refractivity contribution in [1.29, 1.82) is 0 Å². The lowest BCUT2D eigenvalue weighted by Gasteiger charge is -2.12. The van der Waals surface area contributed by atoms with Gasteiger partial charge in [0.05, 0.1) is 42.9 Å². The molecule has 0 aliphatic carbocycles. The molecule has 3 rings (SSSR count). The summed E-state index contributed by atoms with van der Waals surface area (Å²) >= 11 is 3.22. The molecule has 0 spiro atoms. The van der Waals surface area contributed by atoms with E-state index in [1.165, 1.54) is 25.0 Å². The molecule has 0 fully saturated rings. The third-order valence-corrected chi connectivity index (χ3v) is 5.18. The number of ether oxygens (including phenoxy) is 2. The van der Waals surface area contributed by atoms with E-state index in [-0.39, 0.29) is 17.6 Å². The zero-order valence-corrected chi connectivity index (χ0v) is 18.4. The maximum atomic E-state index is 13.0. The Morgan fingerprint density at radius 1 is 0.806 bits per heavy atom. The van der Waals surface area contributed by atoms with Gasteiger partial charge in [0, 0.05) is 6.20 Å². The standard InChI is InChI=1S/C22H19BrN2O6/c1-30-20(27)16-7-3-14(4-8-16)11-24-13-18(23)19(26)25(22(24)29)12-15-5-9-17(10-6-15)21(28)31-2/h3-10,13H,11-12H2,1-2H3. The number of hydrogen-bond acceptors (Lipinski definition) is 6. The number of carbonyl (C=O) groups is 2. The van der Waals surface area contributed by atoms with Crippen LogP contribution in [-0.4, -0.2) is 35.3 Å². The smallest absolute Gasteiger partial charge is 0.337 e. The first kappa shape index (κ1) is 22.2. The van der Waals surface area contributed by atoms with Crippen molar-refractivity contribution in [3.63, 3.8) is 0 Å². The molecule has 2 aromatic carbocycles. The summed E-state index contributed by atoms with van der Waals surface area (Å²) in [7, 11) is 2.60. The fourth-order valence-electron chi connectivity index (χ4n) is 2.98. The van der Waals surface area contributed by atoms with Crippen LogP contribution in [0.3, 0.4) is 0 Å². The van der Waals surface area contributed by atoms with Gasteiger partial charge in [-0.25, -0.2) is 14.4 Å². The molecule has 0 saturated heterocycles. The topological polar surface area (TPSA) is 96.6 Å². The molecule has 31 heavy (non-hydrogen) atoms. The van der Waals surface area contributed by atoms with Gasteiger partial charge in [-0.05, 0) is 51.3 Å². The summed E-state index contributed by atoms with van der Waals surface area (Å²) in [6.07, 6.45) is 1.44. The van der Waals surface area contributed by atoms with E-state index in [4.69, 9.17) is 0 Å². The minimum Gasteiger partial charge on any atom is -0.465 e. The fourth-order valence-corrected chi connectivity index (χ4v) is 3.44. The van der Waals surface area contributed by atoms with Gasteiger partial charge in [0.15, 0.2) is 0 Å². The van der Waals surface area contributed by atoms with Crippen LogP contribution in [0.2, 0.25) is 0 Å². The number of nitrogens with zero attached hydrogens (tertiary/aromatic N) is 2. The number of methoxy groups -OCH3 is 2. The Kier molecular flexibility index (Phi) is 6.86. The minimum atomic E-state index is -0.484. The van der Waals surface area contributed by atoms with Crippen LogP contribution < -0.4 is 11.2 Å². The van der Waals surface area contributed by atoms with Crippen LogP contribution in [0.1, 0.15) is 31.8 Å². The molecule has 9 heteroatoms. The van der Waals surface area contributed by atoms with Crippen LogP contribution in [0.5, 0.6) is 0 Å². The molecule has 0 saturated carbocycles. The summed E-state index contributed by atoms with van der Waals surface area (Å²) in [5.74, 6) is -0.912. The molecule has 0 radical (unpaired) electrons. The van der Waals surface area contributed by atoms with E-state index >= 15 is 0 Å². The normalized spacial score (nSPS) is 10.5. The van der Waals surface area contributed by atoms with Gasteiger partial charge in [-0.15, -0.1) is 0 Å². The number of rotatable bonds is 6. The van der Waals surface area contributed by atoms with E-state index in [1.807, 2.05) is 0 Å². The Bertz CT molecular complexity index is 1230. The van der Waals surface area contributed by atoms with Gasteiger partial charge in [0.25, 0.3) is 5.56 Å². The lowest BCUT2D eigenvalue weighted by molar-refractivity contribution is 0.0592. The maximum Gasteiger partial charge on any atom is 0.337 e. The Morgan fingerprint density at radius 2 is 1.26 bits per heavy atom. The van der Waals surface area contributed by atoms with Crippen LogP contribution in [0.15, 0.2) is 68.8 Å². The van der Waals surface area contributed by atoms with Gasteiger partial charge in [-0.1, -0.05) is 24.3 Å². The molecule has 0 atom stereocenters. The second kappa shape index (κ2) is 9.57. The number of hydrogen-bond donors (Lipinski definition) is 0. The van der Waals surface area contributed by atoms with Gasteiger partial charge in [0.2, 0.25) is 0 Å². The Morgan fingerprint density at radius 3 is 1.71 bits per heavy atom. The van der Waals surface area contributed by atoms with Crippen LogP contribution >= 0.6 is 15.9 Å². The van der Waals surface area contributed by atoms with Crippen LogP contribution in [0.4, 0.5) is 0 Å². The molecule has 8 nitrogen and oxygen atoms in total. The van der Waals surface area contributed by atoms with Crippen LogP contribution in [0, 0.1) is 0 Å². The first-order chi connectivity index (χ1) is 14.8. The van der Waals surface area contributed by atoms with E-state index in [9.17, 15) is 19.2 Å². The lowest BCUT2D eigenvalue weighted by atomic mass is 10.1. The predicted octanol–water partition coefficient (Wildman–Crippen LogP) is 2.44. The Balaban J connectivity index is 1.89. The van der Waals surface area contributed by atoms with Crippen molar-refractivity contribution < 1.29 is 19.1 Å². The summed E-state index contributed by atoms with van der Waals surface area (Å²) < 4.78 is 12.1. The summed E-state index contributed by atoms with van der Waals surface area (Å²) in [4.78, 5) is 48.6. The highest BCUT2D eigenvalue weighted by atomic mass is 79.9. The van der Waals surface area contributed by atoms with Crippen LogP contribution in [0.25, 0.3) is 0 Å². The number of aromatic nitrogens is 2. The third kappa shape index (κ3) is 5.00. The number of esters is 2. The van der Waals surface area contributed by atoms with Crippen molar-refractivity contribution in [2.45, 2.75) is 13.1 Å². The average molecular weight is 487 g/mol. The fraction of sp³-hybridized carbons (Fsp3) is 0.182. The van der Waals surface area contributed by atoms with Crippen molar-refractivity contribution in [3.8, 4) is 0 Å². The zero-order chi connectivity index (χ0) is 22.5. The summed E-state index contributed by atoms with van der Waals surface area (Å²) in [5.41, 5.74) is 1.29. The van der Waals surface area contributed by atoms with E-state index in [2.05, 4.69) is 25.4 Å². The average Bonchev–Trinajstić information content (AvgIpc) is 2.80. The van der Waals surface area contributed by atoms with E-state index in [0.717, 1.165) is 10.1 Å². The van der Waals surface area contributed by atoms with E-state index < -0.39 is 23.2 Å². The molecule has 0 amide bonds. The molecule has 160 valence electrons. The van der Waals surface area contributed by atoms with Crippen molar-refractivity contribution in [2.24, 2.45) is 0 Å². The second-order valence-corrected chi connectivity index (χ2v) is 7.51. The number of benzene rings is 2. The van der Waals surface area contributed by atoms with Crippen molar-refractivity contribution in [1.82, 2.24) is 9.13 Å². The highest BCUT2D eigenvalue weighted by molar-refractivity contribution is 9.10. The second-order valence-electron chi connectivity index (χ2n) is 6.66. The van der Waals surface area contributed by atoms with E-state index in [0.29, 0.717) is 16.7 Å². The highest BCUT2D eigenvalue weighted by Crippen LogP contribution is 2.10. The monoisotopic (exact) mass is 486 g/mol. The summed E-state index contributed by atoms with van der Waals surface area (Å²) in [5, 5.41) is 0. The minimum absolute atomic E-state index is 0.0415. The van der Waals surface area contributed by atoms with Gasteiger partial charge < -0.3 is 9.47 Å². The van der Waals surface area contributed by atoms with Gasteiger partial charge in [-0.2, -0.15) is 0 Å². The molecule has 0 aliphatic heterocycles. The summed E-state index contributed by atoms with van der Waals surface area (Å²) in [6, 6.07) is 13.1. The quantitative estimate of drug-likeness (QED) is 0.496. The third-order valence-electron chi connectivity index (χ3n) is 4.64. The zero-order valence-electron chi connectivity index (χ0n) is 16.8. The van der Waals surface area contributed by atoms with Gasteiger partial charge in [0.1, 0.15) is 0 Å². The molecule has 0 bridgehead atoms. The molecule has 3 aromatic rings. The molecule has 0 N–H and O–H groups in total. The molecule has 1 heterocycles. The van der Waals surface area contributed by atoms with Crippen molar-refractivity contribution >= 4 is 27.9 Å². The van der Waals surface area contributed by atoms with Gasteiger partial charge >= 0.3 is 17.6 Å². The molecule has 1 aromatic heterocycles. The molecule has 0 aliphatic rings.